The van der Waals surface area contributed by atoms with Crippen molar-refractivity contribution in [1.29, 1.82) is 0 Å². The van der Waals surface area contributed by atoms with E-state index in [1.807, 2.05) is 0 Å². The smallest absolute Gasteiger partial charge is 0.169 e. The zero-order valence-corrected chi connectivity index (χ0v) is 8.74. The molecule has 0 aromatic carbocycles. The highest BCUT2D eigenvalue weighted by atomic mass is 15.5. The maximum Gasteiger partial charge on any atom is 0.169 e. The van der Waals surface area contributed by atoms with Crippen LogP contribution in [-0.4, -0.2) is 15.0 Å². The fraction of sp³-hybridized carbons (Fsp3) is 0.800. The lowest BCUT2D eigenvalue weighted by atomic mass is 10.2. The average Bonchev–Trinajstić information content (AvgIpc) is 2.77. The lowest BCUT2D eigenvalue weighted by molar-refractivity contribution is 0.437. The van der Waals surface area contributed by atoms with E-state index in [0.29, 0.717) is 11.9 Å². The van der Waals surface area contributed by atoms with Crippen LogP contribution in [0.3, 0.4) is 0 Å². The fourth-order valence-electron chi connectivity index (χ4n) is 2.25. The van der Waals surface area contributed by atoms with Crippen LogP contribution < -0.4 is 5.73 Å². The van der Waals surface area contributed by atoms with E-state index < -0.39 is 0 Å². The zero-order chi connectivity index (χ0) is 9.97. The van der Waals surface area contributed by atoms with Gasteiger partial charge in [-0.1, -0.05) is 31.4 Å². The maximum atomic E-state index is 5.80. The van der Waals surface area contributed by atoms with Crippen LogP contribution in [0.5, 0.6) is 0 Å². The van der Waals surface area contributed by atoms with Gasteiger partial charge in [0.1, 0.15) is 0 Å². The molecule has 0 radical (unpaired) electrons. The highest BCUT2D eigenvalue weighted by Gasteiger charge is 2.21. The van der Waals surface area contributed by atoms with Gasteiger partial charge >= 0.3 is 0 Å². The van der Waals surface area contributed by atoms with Gasteiger partial charge in [0, 0.05) is 0 Å². The summed E-state index contributed by atoms with van der Waals surface area (Å²) in [7, 11) is 0. The molecule has 0 bridgehead atoms. The molecule has 0 amide bonds. The van der Waals surface area contributed by atoms with E-state index >= 15 is 0 Å². The molecule has 1 aromatic rings. The monoisotopic (exact) mass is 194 g/mol. The first-order valence-corrected chi connectivity index (χ1v) is 5.52. The highest BCUT2D eigenvalue weighted by molar-refractivity contribution is 5.33. The molecular formula is C10H18N4. The molecule has 1 aliphatic carbocycles. The minimum Gasteiger partial charge on any atom is -0.381 e. The van der Waals surface area contributed by atoms with E-state index in [1.165, 1.54) is 25.7 Å². The van der Waals surface area contributed by atoms with Crippen molar-refractivity contribution in [2.45, 2.75) is 51.5 Å². The van der Waals surface area contributed by atoms with Crippen LogP contribution in [-0.2, 0) is 6.42 Å². The van der Waals surface area contributed by atoms with Crippen molar-refractivity contribution in [3.63, 3.8) is 0 Å². The van der Waals surface area contributed by atoms with Gasteiger partial charge in [-0.2, -0.15) is 0 Å². The Morgan fingerprint density at radius 3 is 2.79 bits per heavy atom. The highest BCUT2D eigenvalue weighted by Crippen LogP contribution is 2.30. The van der Waals surface area contributed by atoms with E-state index in [1.54, 1.807) is 0 Å². The molecule has 1 heterocycles. The van der Waals surface area contributed by atoms with Crippen molar-refractivity contribution in [1.82, 2.24) is 15.0 Å². The zero-order valence-electron chi connectivity index (χ0n) is 8.74. The third kappa shape index (κ3) is 1.61. The topological polar surface area (TPSA) is 56.7 Å². The van der Waals surface area contributed by atoms with Gasteiger partial charge in [-0.15, -0.1) is 5.10 Å². The number of hydrogen-bond acceptors (Lipinski definition) is 3. The number of nitrogens with two attached hydrogens (primary N) is 1. The Morgan fingerprint density at radius 2 is 2.14 bits per heavy atom. The van der Waals surface area contributed by atoms with Crippen LogP contribution in [0.15, 0.2) is 0 Å². The van der Waals surface area contributed by atoms with Gasteiger partial charge in [0.05, 0.1) is 11.7 Å². The van der Waals surface area contributed by atoms with Crippen LogP contribution in [0.4, 0.5) is 5.82 Å². The second kappa shape index (κ2) is 3.98. The quantitative estimate of drug-likeness (QED) is 0.799. The molecule has 0 spiro atoms. The molecule has 4 heteroatoms. The van der Waals surface area contributed by atoms with Gasteiger partial charge in [-0.05, 0) is 19.3 Å². The first kappa shape index (κ1) is 9.49. The van der Waals surface area contributed by atoms with Gasteiger partial charge in [0.15, 0.2) is 5.82 Å². The summed E-state index contributed by atoms with van der Waals surface area (Å²) >= 11 is 0. The summed E-state index contributed by atoms with van der Waals surface area (Å²) < 4.78 is 2.06. The van der Waals surface area contributed by atoms with E-state index in [-0.39, 0.29) is 0 Å². The predicted molar refractivity (Wildman–Crippen MR) is 55.9 cm³/mol. The van der Waals surface area contributed by atoms with Gasteiger partial charge < -0.3 is 5.73 Å². The largest absolute Gasteiger partial charge is 0.381 e. The molecule has 1 aliphatic rings. The number of aromatic nitrogens is 3. The number of nitrogen functional groups attached to an aromatic ring is 1. The Kier molecular flexibility index (Phi) is 2.70. The molecule has 4 nitrogen and oxygen atoms in total. The molecule has 0 unspecified atom stereocenters. The molecule has 14 heavy (non-hydrogen) atoms. The molecule has 2 N–H and O–H groups in total. The molecule has 1 saturated carbocycles. The Hall–Kier alpha value is -1.06. The lowest BCUT2D eigenvalue weighted by Gasteiger charge is -2.12. The normalized spacial score (nSPS) is 17.8. The van der Waals surface area contributed by atoms with Gasteiger partial charge in [0.25, 0.3) is 0 Å². The molecule has 1 fully saturated rings. The molecular weight excluding hydrogens is 176 g/mol. The first-order chi connectivity index (χ1) is 6.83. The van der Waals surface area contributed by atoms with Crippen molar-refractivity contribution < 1.29 is 0 Å². The maximum absolute atomic E-state index is 5.80. The van der Waals surface area contributed by atoms with Gasteiger partial charge in [0.2, 0.25) is 0 Å². The van der Waals surface area contributed by atoms with Crippen LogP contribution in [0.1, 0.15) is 50.8 Å². The number of hydrogen-bond donors (Lipinski definition) is 1. The number of nitrogens with zero attached hydrogens (tertiary/aromatic N) is 3. The second-order valence-corrected chi connectivity index (χ2v) is 4.05. The third-order valence-electron chi connectivity index (χ3n) is 2.98. The van der Waals surface area contributed by atoms with Crippen LogP contribution in [0.25, 0.3) is 0 Å². The van der Waals surface area contributed by atoms with Crippen molar-refractivity contribution in [2.24, 2.45) is 0 Å². The van der Waals surface area contributed by atoms with Crippen LogP contribution >= 0.6 is 0 Å². The van der Waals surface area contributed by atoms with E-state index in [9.17, 15) is 0 Å². The van der Waals surface area contributed by atoms with Crippen molar-refractivity contribution in [3.8, 4) is 0 Å². The van der Waals surface area contributed by atoms with Crippen LogP contribution in [0, 0.1) is 0 Å². The predicted octanol–water partition coefficient (Wildman–Crippen LogP) is 1.93. The Balaban J connectivity index is 2.22. The molecule has 1 aromatic heterocycles. The van der Waals surface area contributed by atoms with Gasteiger partial charge in [-0.25, -0.2) is 4.68 Å². The van der Waals surface area contributed by atoms with Crippen molar-refractivity contribution in [2.75, 3.05) is 5.73 Å². The van der Waals surface area contributed by atoms with E-state index in [0.717, 1.165) is 18.5 Å². The van der Waals surface area contributed by atoms with E-state index in [2.05, 4.69) is 21.9 Å². The minimum atomic E-state index is 0.557. The molecule has 0 atom stereocenters. The number of anilines is 1. The summed E-state index contributed by atoms with van der Waals surface area (Å²) in [4.78, 5) is 0. The summed E-state index contributed by atoms with van der Waals surface area (Å²) in [5, 5.41) is 8.13. The Morgan fingerprint density at radius 1 is 1.43 bits per heavy atom. The van der Waals surface area contributed by atoms with Crippen molar-refractivity contribution in [3.05, 3.63) is 5.69 Å². The molecule has 78 valence electrons. The standard InChI is InChI=1S/C10H18N4/c1-2-5-9-10(11)12-13-14(9)8-6-3-4-7-8/h8H,2-7,11H2,1H3. The summed E-state index contributed by atoms with van der Waals surface area (Å²) in [5.41, 5.74) is 6.94. The SMILES string of the molecule is CCCc1c(N)nnn1C1CCCC1. The second-order valence-electron chi connectivity index (χ2n) is 4.05. The fourth-order valence-corrected chi connectivity index (χ4v) is 2.25. The van der Waals surface area contributed by atoms with E-state index in [4.69, 9.17) is 5.73 Å². The molecule has 0 saturated heterocycles. The summed E-state index contributed by atoms with van der Waals surface area (Å²) in [6.07, 6.45) is 7.20. The first-order valence-electron chi connectivity index (χ1n) is 5.52. The van der Waals surface area contributed by atoms with Crippen LogP contribution in [0.2, 0.25) is 0 Å². The average molecular weight is 194 g/mol. The lowest BCUT2D eigenvalue weighted by Crippen LogP contribution is -2.11. The molecule has 2 rings (SSSR count). The number of rotatable bonds is 3. The minimum absolute atomic E-state index is 0.557. The van der Waals surface area contributed by atoms with Crippen molar-refractivity contribution >= 4 is 5.82 Å². The Bertz CT molecular complexity index is 299. The Labute approximate surface area is 84.5 Å². The van der Waals surface area contributed by atoms with Gasteiger partial charge in [-0.3, -0.25) is 0 Å². The third-order valence-corrected chi connectivity index (χ3v) is 2.98. The summed E-state index contributed by atoms with van der Waals surface area (Å²) in [5.74, 6) is 0.624. The summed E-state index contributed by atoms with van der Waals surface area (Å²) in [6.45, 7) is 2.16. The summed E-state index contributed by atoms with van der Waals surface area (Å²) in [6, 6.07) is 0.557. The molecule has 0 aliphatic heterocycles.